The molecule has 0 aliphatic rings. The topological polar surface area (TPSA) is 72.0 Å². The number of rotatable bonds is 4. The summed E-state index contributed by atoms with van der Waals surface area (Å²) in [6, 6.07) is 9.81. The molecule has 6 nitrogen and oxygen atoms in total. The third-order valence-corrected chi connectivity index (χ3v) is 3.14. The van der Waals surface area contributed by atoms with Gasteiger partial charge in [0.05, 0.1) is 12.6 Å². The number of nitrogens with one attached hydrogen (secondary N) is 2. The molecule has 0 saturated carbocycles. The molecule has 2 N–H and O–H groups in total. The average molecular weight is 281 g/mol. The van der Waals surface area contributed by atoms with E-state index in [0.29, 0.717) is 17.4 Å². The van der Waals surface area contributed by atoms with Crippen LogP contribution in [0.3, 0.4) is 0 Å². The SMILES string of the molecule is CNc1ncnc(Nc2cccc3ncccc23)c1OC. The van der Waals surface area contributed by atoms with Crippen LogP contribution >= 0.6 is 0 Å². The molecule has 106 valence electrons. The van der Waals surface area contributed by atoms with Crippen LogP contribution in [0.25, 0.3) is 10.9 Å². The van der Waals surface area contributed by atoms with Gasteiger partial charge < -0.3 is 15.4 Å². The minimum atomic E-state index is 0.570. The van der Waals surface area contributed by atoms with Crippen molar-refractivity contribution in [3.8, 4) is 5.75 Å². The Morgan fingerprint density at radius 1 is 1.00 bits per heavy atom. The van der Waals surface area contributed by atoms with Crippen LogP contribution in [0.15, 0.2) is 42.9 Å². The maximum atomic E-state index is 5.39. The predicted molar refractivity (Wildman–Crippen MR) is 83.2 cm³/mol. The van der Waals surface area contributed by atoms with Gasteiger partial charge in [-0.2, -0.15) is 0 Å². The zero-order valence-electron chi connectivity index (χ0n) is 11.8. The Morgan fingerprint density at radius 3 is 2.67 bits per heavy atom. The van der Waals surface area contributed by atoms with Crippen molar-refractivity contribution >= 4 is 28.2 Å². The Bertz CT molecular complexity index is 770. The summed E-state index contributed by atoms with van der Waals surface area (Å²) >= 11 is 0. The Hall–Kier alpha value is -2.89. The van der Waals surface area contributed by atoms with E-state index >= 15 is 0 Å². The summed E-state index contributed by atoms with van der Waals surface area (Å²) < 4.78 is 5.39. The molecule has 3 rings (SSSR count). The second-order valence-corrected chi connectivity index (χ2v) is 4.35. The Morgan fingerprint density at radius 2 is 1.86 bits per heavy atom. The molecule has 0 atom stereocenters. The molecule has 3 aromatic rings. The second kappa shape index (κ2) is 5.62. The maximum absolute atomic E-state index is 5.39. The average Bonchev–Trinajstić information content (AvgIpc) is 2.55. The van der Waals surface area contributed by atoms with E-state index in [0.717, 1.165) is 16.6 Å². The fourth-order valence-electron chi connectivity index (χ4n) is 2.17. The van der Waals surface area contributed by atoms with E-state index in [1.54, 1.807) is 20.4 Å². The first kappa shape index (κ1) is 13.1. The molecule has 2 aromatic heterocycles. The molecular formula is C15H15N5O. The monoisotopic (exact) mass is 281 g/mol. The van der Waals surface area contributed by atoms with Gasteiger partial charge in [-0.3, -0.25) is 4.98 Å². The number of benzene rings is 1. The van der Waals surface area contributed by atoms with Crippen LogP contribution in [0.4, 0.5) is 17.3 Å². The lowest BCUT2D eigenvalue weighted by Gasteiger charge is -2.13. The van der Waals surface area contributed by atoms with Gasteiger partial charge in [0.1, 0.15) is 6.33 Å². The van der Waals surface area contributed by atoms with E-state index in [-0.39, 0.29) is 0 Å². The third kappa shape index (κ3) is 2.43. The van der Waals surface area contributed by atoms with E-state index in [9.17, 15) is 0 Å². The standard InChI is InChI=1S/C15H15N5O/c1-16-14-13(21-2)15(19-9-18-14)20-12-7-3-6-11-10(12)5-4-8-17-11/h3-9H,1-2H3,(H2,16,18,19,20). The molecule has 0 spiro atoms. The predicted octanol–water partition coefficient (Wildman–Crippen LogP) is 2.82. The summed E-state index contributed by atoms with van der Waals surface area (Å²) in [5.74, 6) is 1.81. The molecule has 0 bridgehead atoms. The van der Waals surface area contributed by atoms with Crippen LogP contribution in [-0.4, -0.2) is 29.1 Å². The van der Waals surface area contributed by atoms with Gasteiger partial charge >= 0.3 is 0 Å². The first-order valence-corrected chi connectivity index (χ1v) is 6.51. The van der Waals surface area contributed by atoms with Crippen molar-refractivity contribution in [2.24, 2.45) is 0 Å². The highest BCUT2D eigenvalue weighted by molar-refractivity contribution is 5.93. The summed E-state index contributed by atoms with van der Waals surface area (Å²) in [4.78, 5) is 12.7. The number of methoxy groups -OCH3 is 1. The van der Waals surface area contributed by atoms with E-state index in [4.69, 9.17) is 4.74 Å². The van der Waals surface area contributed by atoms with Crippen LogP contribution in [0, 0.1) is 0 Å². The quantitative estimate of drug-likeness (QED) is 0.766. The van der Waals surface area contributed by atoms with Crippen molar-refractivity contribution in [3.63, 3.8) is 0 Å². The van der Waals surface area contributed by atoms with Crippen molar-refractivity contribution in [2.45, 2.75) is 0 Å². The fourth-order valence-corrected chi connectivity index (χ4v) is 2.17. The van der Waals surface area contributed by atoms with Gasteiger partial charge in [-0.05, 0) is 24.3 Å². The molecule has 0 aliphatic heterocycles. The molecule has 1 aromatic carbocycles. The van der Waals surface area contributed by atoms with Gasteiger partial charge in [0.15, 0.2) is 11.6 Å². The lowest BCUT2D eigenvalue weighted by molar-refractivity contribution is 0.415. The van der Waals surface area contributed by atoms with Crippen LogP contribution in [0.2, 0.25) is 0 Å². The number of hydrogen-bond acceptors (Lipinski definition) is 6. The number of ether oxygens (including phenoxy) is 1. The zero-order valence-corrected chi connectivity index (χ0v) is 11.8. The number of hydrogen-bond donors (Lipinski definition) is 2. The summed E-state index contributed by atoms with van der Waals surface area (Å²) in [6.45, 7) is 0. The number of anilines is 3. The number of nitrogens with zero attached hydrogens (tertiary/aromatic N) is 3. The van der Waals surface area contributed by atoms with Crippen molar-refractivity contribution in [1.29, 1.82) is 0 Å². The Kier molecular flexibility index (Phi) is 3.51. The van der Waals surface area contributed by atoms with Crippen LogP contribution in [0.1, 0.15) is 0 Å². The molecule has 0 saturated heterocycles. The Labute approximate surface area is 122 Å². The van der Waals surface area contributed by atoms with Crippen molar-refractivity contribution in [2.75, 3.05) is 24.8 Å². The van der Waals surface area contributed by atoms with Gasteiger partial charge in [-0.1, -0.05) is 6.07 Å². The van der Waals surface area contributed by atoms with E-state index < -0.39 is 0 Å². The second-order valence-electron chi connectivity index (χ2n) is 4.35. The van der Waals surface area contributed by atoms with E-state index in [2.05, 4.69) is 25.6 Å². The maximum Gasteiger partial charge on any atom is 0.204 e. The molecule has 0 unspecified atom stereocenters. The molecule has 0 radical (unpaired) electrons. The third-order valence-electron chi connectivity index (χ3n) is 3.14. The number of fused-ring (bicyclic) bond motifs is 1. The first-order chi connectivity index (χ1) is 10.3. The largest absolute Gasteiger partial charge is 0.490 e. The van der Waals surface area contributed by atoms with Gasteiger partial charge in [0.2, 0.25) is 5.75 Å². The van der Waals surface area contributed by atoms with Gasteiger partial charge in [-0.15, -0.1) is 0 Å². The normalized spacial score (nSPS) is 10.4. The minimum Gasteiger partial charge on any atom is -0.490 e. The van der Waals surface area contributed by atoms with E-state index in [1.165, 1.54) is 6.33 Å². The van der Waals surface area contributed by atoms with Crippen molar-refractivity contribution in [3.05, 3.63) is 42.9 Å². The van der Waals surface area contributed by atoms with Crippen molar-refractivity contribution < 1.29 is 4.74 Å². The van der Waals surface area contributed by atoms with Gasteiger partial charge in [-0.25, -0.2) is 9.97 Å². The molecule has 0 amide bonds. The zero-order chi connectivity index (χ0) is 14.7. The molecule has 0 aliphatic carbocycles. The lowest BCUT2D eigenvalue weighted by Crippen LogP contribution is -2.03. The minimum absolute atomic E-state index is 0.570. The number of aromatic nitrogens is 3. The number of pyridine rings is 1. The van der Waals surface area contributed by atoms with E-state index in [1.807, 2.05) is 30.3 Å². The first-order valence-electron chi connectivity index (χ1n) is 6.51. The molecule has 6 heteroatoms. The van der Waals surface area contributed by atoms with Gasteiger partial charge in [0, 0.05) is 24.3 Å². The summed E-state index contributed by atoms with van der Waals surface area (Å²) in [5, 5.41) is 7.29. The lowest BCUT2D eigenvalue weighted by atomic mass is 10.2. The summed E-state index contributed by atoms with van der Waals surface area (Å²) in [7, 11) is 3.38. The molecule has 21 heavy (non-hydrogen) atoms. The highest BCUT2D eigenvalue weighted by Crippen LogP contribution is 2.32. The van der Waals surface area contributed by atoms with Crippen LogP contribution in [-0.2, 0) is 0 Å². The van der Waals surface area contributed by atoms with Crippen LogP contribution in [0.5, 0.6) is 5.75 Å². The molecule has 2 heterocycles. The molecule has 0 fully saturated rings. The fraction of sp³-hybridized carbons (Fsp3) is 0.133. The summed E-state index contributed by atoms with van der Waals surface area (Å²) in [5.41, 5.74) is 1.84. The molecular weight excluding hydrogens is 266 g/mol. The smallest absolute Gasteiger partial charge is 0.204 e. The van der Waals surface area contributed by atoms with Crippen molar-refractivity contribution in [1.82, 2.24) is 15.0 Å². The van der Waals surface area contributed by atoms with Gasteiger partial charge in [0.25, 0.3) is 0 Å². The highest BCUT2D eigenvalue weighted by Gasteiger charge is 2.12. The van der Waals surface area contributed by atoms with Crippen LogP contribution < -0.4 is 15.4 Å². The Balaban J connectivity index is 2.07. The summed E-state index contributed by atoms with van der Waals surface area (Å²) in [6.07, 6.45) is 3.26. The highest BCUT2D eigenvalue weighted by atomic mass is 16.5.